The van der Waals surface area contributed by atoms with Gasteiger partial charge in [0.05, 0.1) is 5.69 Å². The van der Waals surface area contributed by atoms with E-state index in [1.807, 2.05) is 41.7 Å². The van der Waals surface area contributed by atoms with Crippen molar-refractivity contribution in [2.75, 3.05) is 13.1 Å². The summed E-state index contributed by atoms with van der Waals surface area (Å²) in [6.07, 6.45) is 5.49. The second-order valence-corrected chi connectivity index (χ2v) is 11.5. The summed E-state index contributed by atoms with van der Waals surface area (Å²) in [7, 11) is 0. The number of hydrogen-bond donors (Lipinski definition) is 2. The largest absolute Gasteiger partial charge is 0.480 e. The standard InChI is InChI=1S/C31H39N3O4/c1-6-22-19-25-20-24(28(36)34-17-8-15-31(34,5)29(37)38)14-18-33(25)26(22)27(35)23-12-10-21(11-13-23)9-7-16-32-30(2,3)4/h10-14,18-20,32H,6-9,15-17H2,1-5H3,(H,37,38)/t31-/m0/s1. The van der Waals surface area contributed by atoms with Crippen LogP contribution in [-0.2, 0) is 17.6 Å². The number of aryl methyl sites for hydroxylation is 2. The molecule has 0 saturated carbocycles. The van der Waals surface area contributed by atoms with Gasteiger partial charge in [-0.25, -0.2) is 4.79 Å². The molecule has 1 aliphatic heterocycles. The van der Waals surface area contributed by atoms with E-state index in [2.05, 4.69) is 26.1 Å². The third kappa shape index (κ3) is 5.53. The van der Waals surface area contributed by atoms with E-state index in [4.69, 9.17) is 0 Å². The predicted octanol–water partition coefficient (Wildman–Crippen LogP) is 5.13. The number of aromatic nitrogens is 1. The first-order valence-electron chi connectivity index (χ1n) is 13.5. The fourth-order valence-electron chi connectivity index (χ4n) is 5.27. The number of rotatable bonds is 9. The van der Waals surface area contributed by atoms with Gasteiger partial charge < -0.3 is 19.7 Å². The first kappa shape index (κ1) is 27.6. The Kier molecular flexibility index (Phi) is 7.79. The van der Waals surface area contributed by atoms with Crippen LogP contribution in [0, 0.1) is 0 Å². The molecule has 4 rings (SSSR count). The number of ketones is 1. The first-order chi connectivity index (χ1) is 17.9. The van der Waals surface area contributed by atoms with E-state index in [-0.39, 0.29) is 17.2 Å². The van der Waals surface area contributed by atoms with E-state index in [9.17, 15) is 19.5 Å². The van der Waals surface area contributed by atoms with Gasteiger partial charge in [0.25, 0.3) is 5.91 Å². The molecule has 3 heterocycles. The number of carbonyl (C=O) groups excluding carboxylic acids is 2. The van der Waals surface area contributed by atoms with Gasteiger partial charge in [0.1, 0.15) is 5.54 Å². The van der Waals surface area contributed by atoms with Gasteiger partial charge in [0.15, 0.2) is 0 Å². The monoisotopic (exact) mass is 517 g/mol. The quantitative estimate of drug-likeness (QED) is 0.303. The normalized spacial score (nSPS) is 17.8. The molecule has 0 spiro atoms. The van der Waals surface area contributed by atoms with E-state index >= 15 is 0 Å². The Morgan fingerprint density at radius 2 is 1.76 bits per heavy atom. The Labute approximate surface area is 224 Å². The van der Waals surface area contributed by atoms with Crippen molar-refractivity contribution in [3.05, 3.63) is 76.6 Å². The van der Waals surface area contributed by atoms with Gasteiger partial charge in [-0.3, -0.25) is 9.59 Å². The highest BCUT2D eigenvalue weighted by atomic mass is 16.4. The summed E-state index contributed by atoms with van der Waals surface area (Å²) in [4.78, 5) is 40.2. The Morgan fingerprint density at radius 1 is 1.05 bits per heavy atom. The number of pyridine rings is 1. The molecule has 1 fully saturated rings. The summed E-state index contributed by atoms with van der Waals surface area (Å²) >= 11 is 0. The lowest BCUT2D eigenvalue weighted by molar-refractivity contribution is -0.147. The van der Waals surface area contributed by atoms with Gasteiger partial charge in [0.2, 0.25) is 5.78 Å². The van der Waals surface area contributed by atoms with Crippen molar-refractivity contribution in [3.63, 3.8) is 0 Å². The molecule has 1 atom stereocenters. The van der Waals surface area contributed by atoms with Gasteiger partial charge in [-0.2, -0.15) is 0 Å². The second-order valence-electron chi connectivity index (χ2n) is 11.5. The van der Waals surface area contributed by atoms with E-state index in [1.54, 1.807) is 25.3 Å². The van der Waals surface area contributed by atoms with Crippen LogP contribution in [0.1, 0.15) is 91.4 Å². The van der Waals surface area contributed by atoms with E-state index in [0.29, 0.717) is 42.6 Å². The third-order valence-electron chi connectivity index (χ3n) is 7.56. The van der Waals surface area contributed by atoms with Crippen molar-refractivity contribution in [2.24, 2.45) is 0 Å². The van der Waals surface area contributed by atoms with Crippen LogP contribution in [0.3, 0.4) is 0 Å². The molecule has 202 valence electrons. The molecule has 38 heavy (non-hydrogen) atoms. The molecular weight excluding hydrogens is 478 g/mol. The Morgan fingerprint density at radius 3 is 2.39 bits per heavy atom. The number of amides is 1. The Bertz CT molecular complexity index is 1350. The molecule has 1 amide bonds. The minimum atomic E-state index is -1.20. The first-order valence-corrected chi connectivity index (χ1v) is 13.5. The van der Waals surface area contributed by atoms with E-state index in [0.717, 1.165) is 30.5 Å². The SMILES string of the molecule is CCc1cc2cc(C(=O)N3CCC[C@@]3(C)C(=O)O)ccn2c1C(=O)c1ccc(CCCNC(C)(C)C)cc1. The summed E-state index contributed by atoms with van der Waals surface area (Å²) in [5.74, 6) is -1.34. The van der Waals surface area contributed by atoms with Crippen LogP contribution >= 0.6 is 0 Å². The maximum absolute atomic E-state index is 13.6. The molecule has 7 nitrogen and oxygen atoms in total. The summed E-state index contributed by atoms with van der Waals surface area (Å²) < 4.78 is 1.84. The number of carboxylic acids is 1. The van der Waals surface area contributed by atoms with Crippen molar-refractivity contribution in [1.29, 1.82) is 0 Å². The van der Waals surface area contributed by atoms with E-state index in [1.165, 1.54) is 10.5 Å². The molecule has 2 N–H and O–H groups in total. The zero-order valence-electron chi connectivity index (χ0n) is 23.1. The number of nitrogens with zero attached hydrogens (tertiary/aromatic N) is 2. The highest BCUT2D eigenvalue weighted by molar-refractivity contribution is 6.10. The second kappa shape index (κ2) is 10.7. The van der Waals surface area contributed by atoms with Gasteiger partial charge >= 0.3 is 5.97 Å². The third-order valence-corrected chi connectivity index (χ3v) is 7.56. The van der Waals surface area contributed by atoms with Gasteiger partial charge in [-0.1, -0.05) is 31.2 Å². The summed E-state index contributed by atoms with van der Waals surface area (Å²) in [6, 6.07) is 13.2. The van der Waals surface area contributed by atoms with Crippen LogP contribution in [-0.4, -0.2) is 56.2 Å². The maximum Gasteiger partial charge on any atom is 0.329 e. The van der Waals surface area contributed by atoms with Crippen molar-refractivity contribution in [2.45, 2.75) is 77.8 Å². The van der Waals surface area contributed by atoms with Crippen molar-refractivity contribution in [3.8, 4) is 0 Å². The van der Waals surface area contributed by atoms with Crippen molar-refractivity contribution >= 4 is 23.2 Å². The number of carbonyl (C=O) groups is 3. The highest BCUT2D eigenvalue weighted by Crippen LogP contribution is 2.31. The number of fused-ring (bicyclic) bond motifs is 1. The maximum atomic E-state index is 13.6. The number of benzene rings is 1. The topological polar surface area (TPSA) is 91.1 Å². The molecule has 2 aromatic heterocycles. The van der Waals surface area contributed by atoms with Crippen molar-refractivity contribution in [1.82, 2.24) is 14.6 Å². The lowest BCUT2D eigenvalue weighted by Crippen LogP contribution is -2.50. The van der Waals surface area contributed by atoms with E-state index < -0.39 is 11.5 Å². The molecule has 0 radical (unpaired) electrons. The molecule has 0 bridgehead atoms. The van der Waals surface area contributed by atoms with Gasteiger partial charge in [-0.05, 0) is 95.7 Å². The zero-order valence-corrected chi connectivity index (χ0v) is 23.1. The predicted molar refractivity (Wildman–Crippen MR) is 149 cm³/mol. The average molecular weight is 518 g/mol. The number of likely N-dealkylation sites (tertiary alicyclic amines) is 1. The minimum absolute atomic E-state index is 0.0557. The molecule has 3 aromatic rings. The summed E-state index contributed by atoms with van der Waals surface area (Å²) in [5, 5.41) is 13.2. The Hall–Kier alpha value is -3.45. The van der Waals surface area contributed by atoms with Crippen LogP contribution in [0.5, 0.6) is 0 Å². The average Bonchev–Trinajstić information content (AvgIpc) is 3.46. The zero-order chi connectivity index (χ0) is 27.7. The van der Waals surface area contributed by atoms with Crippen LogP contribution in [0.25, 0.3) is 5.52 Å². The molecular formula is C31H39N3O4. The van der Waals surface area contributed by atoms with Crippen LogP contribution in [0.2, 0.25) is 0 Å². The molecule has 0 aliphatic carbocycles. The number of hydrogen-bond acceptors (Lipinski definition) is 4. The molecule has 0 unspecified atom stereocenters. The van der Waals surface area contributed by atoms with Crippen molar-refractivity contribution < 1.29 is 19.5 Å². The minimum Gasteiger partial charge on any atom is -0.480 e. The lowest BCUT2D eigenvalue weighted by atomic mass is 9.98. The van der Waals surface area contributed by atoms with Gasteiger partial charge in [0, 0.05) is 34.9 Å². The Balaban J connectivity index is 1.55. The molecule has 7 heteroatoms. The fourth-order valence-corrected chi connectivity index (χ4v) is 5.27. The van der Waals surface area contributed by atoms with Gasteiger partial charge in [-0.15, -0.1) is 0 Å². The lowest BCUT2D eigenvalue weighted by Gasteiger charge is -2.31. The molecule has 1 aromatic carbocycles. The smallest absolute Gasteiger partial charge is 0.329 e. The summed E-state index contributed by atoms with van der Waals surface area (Å²) in [6.45, 7) is 11.4. The van der Waals surface area contributed by atoms with Crippen LogP contribution in [0.15, 0.2) is 48.7 Å². The number of nitrogens with one attached hydrogen (secondary N) is 1. The fraction of sp³-hybridized carbons (Fsp3) is 0.452. The highest BCUT2D eigenvalue weighted by Gasteiger charge is 2.46. The van der Waals surface area contributed by atoms with Crippen LogP contribution < -0.4 is 5.32 Å². The number of aliphatic carboxylic acids is 1. The number of carboxylic acid groups (broad SMARTS) is 1. The molecule has 1 saturated heterocycles. The van der Waals surface area contributed by atoms with Crippen LogP contribution in [0.4, 0.5) is 0 Å². The molecule has 1 aliphatic rings. The summed E-state index contributed by atoms with van der Waals surface area (Å²) in [5.41, 5.74) is 3.42.